The molecule has 3 unspecified atom stereocenters. The highest BCUT2D eigenvalue weighted by Gasteiger charge is 2.30. The predicted octanol–water partition coefficient (Wildman–Crippen LogP) is 20.7. The van der Waals surface area contributed by atoms with Crippen LogP contribution in [0.2, 0.25) is 0 Å². The first kappa shape index (κ1) is 77.4. The molecule has 464 valence electrons. The lowest BCUT2D eigenvalue weighted by atomic mass is 10.1. The third kappa shape index (κ3) is 60.8. The van der Waals surface area contributed by atoms with Crippen molar-refractivity contribution < 1.29 is 37.3 Å². The predicted molar refractivity (Wildman–Crippen MR) is 350 cm³/mol. The van der Waals surface area contributed by atoms with Crippen LogP contribution in [0.4, 0.5) is 0 Å². The number of rotatable bonds is 58. The lowest BCUT2D eigenvalue weighted by molar-refractivity contribution is -0.870. The SMILES string of the molecule is CC/C=C\C/C=C\C/C=C\C/C=C\C/C=C\CCCCCC(=O)NC(COP(=O)(O)OCC[N+](C)(C)C)C(/C=C\CCCCCCCCCCC)OC(=O)CCCCCCCCCCC/C=C\C/C=C\C/C=C\C/C=C\CCCCC. The summed E-state index contributed by atoms with van der Waals surface area (Å²) in [6.07, 6.45) is 83.5. The molecular formula is C71H124N2O7P+. The van der Waals surface area contributed by atoms with E-state index in [1.165, 1.54) is 103 Å². The van der Waals surface area contributed by atoms with Crippen molar-refractivity contribution in [3.8, 4) is 0 Å². The third-order valence-electron chi connectivity index (χ3n) is 13.9. The van der Waals surface area contributed by atoms with Crippen LogP contribution in [0.25, 0.3) is 0 Å². The molecule has 0 aromatic heterocycles. The molecular weight excluding hydrogens is 1020 g/mol. The molecule has 0 aliphatic carbocycles. The molecule has 0 fully saturated rings. The number of carbonyl (C=O) groups is 2. The summed E-state index contributed by atoms with van der Waals surface area (Å²) >= 11 is 0. The van der Waals surface area contributed by atoms with Crippen LogP contribution in [0.15, 0.2) is 122 Å². The van der Waals surface area contributed by atoms with E-state index < -0.39 is 20.0 Å². The Morgan fingerprint density at radius 1 is 0.444 bits per heavy atom. The van der Waals surface area contributed by atoms with E-state index in [1.54, 1.807) is 0 Å². The number of phosphoric acid groups is 1. The van der Waals surface area contributed by atoms with E-state index in [0.717, 1.165) is 122 Å². The summed E-state index contributed by atoms with van der Waals surface area (Å²) in [5.41, 5.74) is 0. The van der Waals surface area contributed by atoms with Gasteiger partial charge >= 0.3 is 13.8 Å². The van der Waals surface area contributed by atoms with Gasteiger partial charge in [0, 0.05) is 12.8 Å². The maximum absolute atomic E-state index is 13.6. The fraction of sp³-hybridized carbons (Fsp3) is 0.690. The number of likely N-dealkylation sites (N-methyl/N-ethyl adjacent to an activating group) is 1. The quantitative estimate of drug-likeness (QED) is 0.0205. The van der Waals surface area contributed by atoms with E-state index in [9.17, 15) is 19.0 Å². The lowest BCUT2D eigenvalue weighted by Gasteiger charge is -2.27. The van der Waals surface area contributed by atoms with Crippen LogP contribution in [-0.4, -0.2) is 74.3 Å². The fourth-order valence-electron chi connectivity index (χ4n) is 8.83. The van der Waals surface area contributed by atoms with Crippen LogP contribution in [0.1, 0.15) is 265 Å². The van der Waals surface area contributed by atoms with Crippen molar-refractivity contribution in [3.05, 3.63) is 122 Å². The number of amides is 1. The van der Waals surface area contributed by atoms with Crippen molar-refractivity contribution in [2.24, 2.45) is 0 Å². The zero-order valence-electron chi connectivity index (χ0n) is 53.0. The van der Waals surface area contributed by atoms with Gasteiger partial charge in [-0.25, -0.2) is 4.57 Å². The van der Waals surface area contributed by atoms with Gasteiger partial charge in [-0.05, 0) is 122 Å². The van der Waals surface area contributed by atoms with Crippen LogP contribution in [-0.2, 0) is 27.9 Å². The Morgan fingerprint density at radius 2 is 0.790 bits per heavy atom. The highest BCUT2D eigenvalue weighted by Crippen LogP contribution is 2.43. The second-order valence-corrected chi connectivity index (χ2v) is 24.4. The number of allylic oxidation sites excluding steroid dienone is 19. The van der Waals surface area contributed by atoms with Crippen LogP contribution >= 0.6 is 7.82 Å². The van der Waals surface area contributed by atoms with Crippen LogP contribution < -0.4 is 5.32 Å². The molecule has 0 aliphatic rings. The summed E-state index contributed by atoms with van der Waals surface area (Å²) in [7, 11) is 1.45. The van der Waals surface area contributed by atoms with E-state index in [0.29, 0.717) is 17.4 Å². The summed E-state index contributed by atoms with van der Waals surface area (Å²) in [4.78, 5) is 37.8. The average molecular weight is 1150 g/mol. The van der Waals surface area contributed by atoms with Gasteiger partial charge in [0.25, 0.3) is 0 Å². The number of carbonyl (C=O) groups excluding carboxylic acids is 2. The van der Waals surface area contributed by atoms with Gasteiger partial charge in [0.2, 0.25) is 5.91 Å². The summed E-state index contributed by atoms with van der Waals surface area (Å²) in [6.45, 7) is 6.83. The molecule has 81 heavy (non-hydrogen) atoms. The van der Waals surface area contributed by atoms with Gasteiger partial charge in [-0.15, -0.1) is 0 Å². The number of unbranched alkanes of at least 4 members (excludes halogenated alkanes) is 24. The first-order valence-electron chi connectivity index (χ1n) is 32.9. The van der Waals surface area contributed by atoms with Crippen molar-refractivity contribution in [2.75, 3.05) is 40.9 Å². The third-order valence-corrected chi connectivity index (χ3v) is 14.9. The molecule has 0 saturated carbocycles. The first-order chi connectivity index (χ1) is 39.4. The normalized spacial score (nSPS) is 14.4. The second kappa shape index (κ2) is 59.6. The monoisotopic (exact) mass is 1150 g/mol. The Kier molecular flexibility index (Phi) is 56.9. The number of phosphoric ester groups is 1. The maximum Gasteiger partial charge on any atom is 0.472 e. The lowest BCUT2D eigenvalue weighted by Crippen LogP contribution is -2.47. The van der Waals surface area contributed by atoms with Crippen LogP contribution in [0, 0.1) is 0 Å². The van der Waals surface area contributed by atoms with Crippen LogP contribution in [0.5, 0.6) is 0 Å². The Bertz CT molecular complexity index is 1800. The van der Waals surface area contributed by atoms with Gasteiger partial charge in [0.15, 0.2) is 0 Å². The number of hydrogen-bond acceptors (Lipinski definition) is 6. The largest absolute Gasteiger partial charge is 0.472 e. The van der Waals surface area contributed by atoms with Crippen molar-refractivity contribution in [1.29, 1.82) is 0 Å². The van der Waals surface area contributed by atoms with Gasteiger partial charge in [-0.3, -0.25) is 18.6 Å². The molecule has 9 nitrogen and oxygen atoms in total. The van der Waals surface area contributed by atoms with E-state index in [4.69, 9.17) is 13.8 Å². The Balaban J connectivity index is 5.19. The number of esters is 1. The van der Waals surface area contributed by atoms with Gasteiger partial charge in [0.1, 0.15) is 19.3 Å². The summed E-state index contributed by atoms with van der Waals surface area (Å²) in [6, 6.07) is -0.877. The standard InChI is InChI=1S/C71H123N2O7P/c1-7-10-13-16-19-22-25-27-29-31-33-34-35-36-37-38-40-42-44-46-49-52-55-58-61-64-71(75)80-69(62-59-56-53-50-47-24-21-18-15-12-9-3)68(67-79-81(76,77)78-66-65-73(4,5)6)72-70(74)63-60-57-54-51-48-45-43-41-39-32-30-28-26-23-20-17-14-11-8-2/h11,14,19-20,22-23,27-30,33-34,36-37,39,41,45,48,59,62,68-69H,7-10,12-13,15-18,21,24-26,31-32,35,38,40,42-44,46-47,49-58,60-61,63-67H2,1-6H3,(H-,72,74,76,77)/p+1/b14-11-,22-19-,23-20-,29-27-,30-28-,34-33-,37-36-,41-39-,48-45-,62-59-. The zero-order chi connectivity index (χ0) is 59.3. The van der Waals surface area contributed by atoms with Crippen molar-refractivity contribution >= 4 is 19.7 Å². The minimum atomic E-state index is -4.47. The van der Waals surface area contributed by atoms with Crippen molar-refractivity contribution in [1.82, 2.24) is 5.32 Å². The Hall–Kier alpha value is -3.59. The van der Waals surface area contributed by atoms with Gasteiger partial charge in [-0.2, -0.15) is 0 Å². The topological polar surface area (TPSA) is 111 Å². The number of nitrogens with one attached hydrogen (secondary N) is 1. The molecule has 0 heterocycles. The molecule has 0 rings (SSSR count). The highest BCUT2D eigenvalue weighted by atomic mass is 31.2. The number of nitrogens with zero attached hydrogens (tertiary/aromatic N) is 1. The molecule has 0 saturated heterocycles. The summed E-state index contributed by atoms with van der Waals surface area (Å²) in [5, 5.41) is 3.04. The van der Waals surface area contributed by atoms with Gasteiger partial charge < -0.3 is 19.4 Å². The average Bonchev–Trinajstić information content (AvgIpc) is 3.43. The molecule has 0 aliphatic heterocycles. The van der Waals surface area contributed by atoms with Crippen molar-refractivity contribution in [3.63, 3.8) is 0 Å². The van der Waals surface area contributed by atoms with E-state index >= 15 is 0 Å². The fourth-order valence-corrected chi connectivity index (χ4v) is 9.57. The summed E-state index contributed by atoms with van der Waals surface area (Å²) in [5.74, 6) is -0.556. The molecule has 0 aromatic rings. The van der Waals surface area contributed by atoms with Crippen LogP contribution in [0.3, 0.4) is 0 Å². The second-order valence-electron chi connectivity index (χ2n) is 22.9. The molecule has 0 radical (unpaired) electrons. The Labute approximate surface area is 499 Å². The van der Waals surface area contributed by atoms with Crippen molar-refractivity contribution in [2.45, 2.75) is 277 Å². The first-order valence-corrected chi connectivity index (χ1v) is 34.4. The molecule has 3 atom stereocenters. The number of hydrogen-bond donors (Lipinski definition) is 2. The van der Waals surface area contributed by atoms with E-state index in [1.807, 2.05) is 33.3 Å². The molecule has 2 N–H and O–H groups in total. The maximum atomic E-state index is 13.6. The molecule has 0 bridgehead atoms. The number of quaternary nitrogens is 1. The van der Waals surface area contributed by atoms with Gasteiger partial charge in [0.05, 0.1) is 33.8 Å². The van der Waals surface area contributed by atoms with Gasteiger partial charge in [-0.1, -0.05) is 252 Å². The highest BCUT2D eigenvalue weighted by molar-refractivity contribution is 7.47. The molecule has 10 heteroatoms. The Morgan fingerprint density at radius 3 is 1.22 bits per heavy atom. The molecule has 0 aromatic carbocycles. The minimum absolute atomic E-state index is 0.0261. The minimum Gasteiger partial charge on any atom is -0.456 e. The van der Waals surface area contributed by atoms with E-state index in [-0.39, 0.29) is 37.9 Å². The molecule has 0 spiro atoms. The smallest absolute Gasteiger partial charge is 0.456 e. The summed E-state index contributed by atoms with van der Waals surface area (Å²) < 4.78 is 30.7. The van der Waals surface area contributed by atoms with E-state index in [2.05, 4.69) is 135 Å². The molecule has 1 amide bonds. The zero-order valence-corrected chi connectivity index (χ0v) is 53.9. The number of ether oxygens (including phenoxy) is 1.